The van der Waals surface area contributed by atoms with E-state index in [-0.39, 0.29) is 18.3 Å². The van der Waals surface area contributed by atoms with E-state index in [0.29, 0.717) is 0 Å². The molecule has 1 aromatic carbocycles. The Hall–Kier alpha value is -1.06. The Labute approximate surface area is 94.9 Å². The van der Waals surface area contributed by atoms with E-state index in [0.717, 1.165) is 18.5 Å². The van der Waals surface area contributed by atoms with E-state index in [1.807, 2.05) is 30.3 Å². The normalized spacial score (nSPS) is 24.5. The van der Waals surface area contributed by atoms with Crippen LogP contribution in [-0.2, 0) is 4.79 Å². The maximum atomic E-state index is 10.9. The number of carbonyl (C=O) groups is 1. The van der Waals surface area contributed by atoms with Gasteiger partial charge in [0.1, 0.15) is 6.04 Å². The molecule has 2 atom stereocenters. The topological polar surface area (TPSA) is 49.3 Å². The first-order valence-corrected chi connectivity index (χ1v) is 4.80. The van der Waals surface area contributed by atoms with Crippen LogP contribution in [0.15, 0.2) is 30.3 Å². The molecule has 1 saturated heterocycles. The first-order chi connectivity index (χ1) is 6.79. The third-order valence-electron chi connectivity index (χ3n) is 2.72. The van der Waals surface area contributed by atoms with Crippen LogP contribution in [0.1, 0.15) is 17.9 Å². The number of aliphatic carboxylic acids is 1. The third kappa shape index (κ3) is 2.49. The summed E-state index contributed by atoms with van der Waals surface area (Å²) in [4.78, 5) is 10.9. The Morgan fingerprint density at radius 3 is 2.60 bits per heavy atom. The Morgan fingerprint density at radius 1 is 1.33 bits per heavy atom. The zero-order valence-electron chi connectivity index (χ0n) is 8.22. The fourth-order valence-electron chi connectivity index (χ4n) is 2.02. The smallest absolute Gasteiger partial charge is 0.321 e. The van der Waals surface area contributed by atoms with E-state index in [1.165, 1.54) is 0 Å². The number of hydrogen-bond donors (Lipinski definition) is 2. The average Bonchev–Trinajstić information content (AvgIpc) is 2.67. The second-order valence-electron chi connectivity index (χ2n) is 3.58. The van der Waals surface area contributed by atoms with Crippen LogP contribution in [0.25, 0.3) is 0 Å². The summed E-state index contributed by atoms with van der Waals surface area (Å²) in [7, 11) is 0. The summed E-state index contributed by atoms with van der Waals surface area (Å²) in [5, 5.41) is 12.0. The molecule has 82 valence electrons. The van der Waals surface area contributed by atoms with Gasteiger partial charge in [-0.3, -0.25) is 4.79 Å². The lowest BCUT2D eigenvalue weighted by molar-refractivity contribution is -0.139. The van der Waals surface area contributed by atoms with Crippen LogP contribution in [-0.4, -0.2) is 23.7 Å². The highest BCUT2D eigenvalue weighted by molar-refractivity contribution is 5.85. The predicted molar refractivity (Wildman–Crippen MR) is 60.5 cm³/mol. The number of nitrogens with one attached hydrogen (secondary N) is 1. The van der Waals surface area contributed by atoms with Gasteiger partial charge >= 0.3 is 5.97 Å². The minimum absolute atomic E-state index is 0. The maximum Gasteiger partial charge on any atom is 0.321 e. The lowest BCUT2D eigenvalue weighted by Gasteiger charge is -2.15. The number of carboxylic acids is 1. The Morgan fingerprint density at radius 2 is 2.00 bits per heavy atom. The van der Waals surface area contributed by atoms with Crippen molar-refractivity contribution in [3.05, 3.63) is 35.9 Å². The van der Waals surface area contributed by atoms with Crippen LogP contribution in [0.3, 0.4) is 0 Å². The van der Waals surface area contributed by atoms with Gasteiger partial charge in [-0.15, -0.1) is 12.4 Å². The van der Waals surface area contributed by atoms with Crippen LogP contribution in [0.5, 0.6) is 0 Å². The number of hydrogen-bond acceptors (Lipinski definition) is 2. The molecule has 15 heavy (non-hydrogen) atoms. The quantitative estimate of drug-likeness (QED) is 0.808. The molecule has 1 fully saturated rings. The van der Waals surface area contributed by atoms with Crippen LogP contribution in [0, 0.1) is 0 Å². The van der Waals surface area contributed by atoms with Crippen LogP contribution in [0.4, 0.5) is 0 Å². The molecule has 1 aliphatic rings. The molecule has 0 aliphatic carbocycles. The summed E-state index contributed by atoms with van der Waals surface area (Å²) < 4.78 is 0. The SMILES string of the molecule is Cl.O=C(O)[C@H]1NCC[C@H]1c1ccccc1. The molecule has 2 rings (SSSR count). The van der Waals surface area contributed by atoms with Crippen molar-refractivity contribution in [1.29, 1.82) is 0 Å². The minimum atomic E-state index is -0.753. The molecule has 0 spiro atoms. The van der Waals surface area contributed by atoms with Gasteiger partial charge in [0.2, 0.25) is 0 Å². The van der Waals surface area contributed by atoms with Gasteiger partial charge in [-0.25, -0.2) is 0 Å². The average molecular weight is 228 g/mol. The molecule has 4 heteroatoms. The summed E-state index contributed by atoms with van der Waals surface area (Å²) in [6, 6.07) is 9.42. The molecule has 1 aliphatic heterocycles. The van der Waals surface area contributed by atoms with Gasteiger partial charge in [-0.05, 0) is 18.5 Å². The van der Waals surface area contributed by atoms with Crippen molar-refractivity contribution in [2.75, 3.05) is 6.54 Å². The number of rotatable bonds is 2. The van der Waals surface area contributed by atoms with Crippen molar-refractivity contribution in [2.45, 2.75) is 18.4 Å². The Bertz CT molecular complexity index is 329. The first-order valence-electron chi connectivity index (χ1n) is 4.80. The fraction of sp³-hybridized carbons (Fsp3) is 0.364. The van der Waals surface area contributed by atoms with Crippen molar-refractivity contribution in [2.24, 2.45) is 0 Å². The summed E-state index contributed by atoms with van der Waals surface area (Å²) in [5.74, 6) is -0.634. The van der Waals surface area contributed by atoms with E-state index in [2.05, 4.69) is 5.32 Å². The van der Waals surface area contributed by atoms with Crippen molar-refractivity contribution < 1.29 is 9.90 Å². The van der Waals surface area contributed by atoms with E-state index >= 15 is 0 Å². The highest BCUT2D eigenvalue weighted by Crippen LogP contribution is 2.27. The van der Waals surface area contributed by atoms with Gasteiger partial charge in [0.25, 0.3) is 0 Å². The number of halogens is 1. The predicted octanol–water partition coefficient (Wildman–Crippen LogP) is 1.64. The van der Waals surface area contributed by atoms with Gasteiger partial charge < -0.3 is 10.4 Å². The van der Waals surface area contributed by atoms with Gasteiger partial charge in [-0.1, -0.05) is 30.3 Å². The molecular weight excluding hydrogens is 214 g/mol. The summed E-state index contributed by atoms with van der Waals surface area (Å²) in [6.07, 6.45) is 0.904. The van der Waals surface area contributed by atoms with Gasteiger partial charge in [0.05, 0.1) is 0 Å². The van der Waals surface area contributed by atoms with Gasteiger partial charge in [-0.2, -0.15) is 0 Å². The third-order valence-corrected chi connectivity index (χ3v) is 2.72. The minimum Gasteiger partial charge on any atom is -0.480 e. The molecule has 0 amide bonds. The van der Waals surface area contributed by atoms with Crippen LogP contribution < -0.4 is 5.32 Å². The molecular formula is C11H14ClNO2. The summed E-state index contributed by atoms with van der Waals surface area (Å²) >= 11 is 0. The highest BCUT2D eigenvalue weighted by atomic mass is 35.5. The lowest BCUT2D eigenvalue weighted by Crippen LogP contribution is -2.34. The molecule has 0 unspecified atom stereocenters. The van der Waals surface area contributed by atoms with Crippen LogP contribution >= 0.6 is 12.4 Å². The maximum absolute atomic E-state index is 10.9. The molecule has 1 aromatic rings. The molecule has 0 aromatic heterocycles. The second-order valence-corrected chi connectivity index (χ2v) is 3.58. The first kappa shape index (κ1) is 12.0. The highest BCUT2D eigenvalue weighted by Gasteiger charge is 2.33. The Balaban J connectivity index is 0.00000112. The molecule has 0 saturated carbocycles. The lowest BCUT2D eigenvalue weighted by atomic mass is 9.92. The number of benzene rings is 1. The fourth-order valence-corrected chi connectivity index (χ4v) is 2.02. The zero-order valence-corrected chi connectivity index (χ0v) is 9.04. The van der Waals surface area contributed by atoms with E-state index in [1.54, 1.807) is 0 Å². The molecule has 0 bridgehead atoms. The van der Waals surface area contributed by atoms with Crippen LogP contribution in [0.2, 0.25) is 0 Å². The summed E-state index contributed by atoms with van der Waals surface area (Å²) in [6.45, 7) is 0.788. The molecule has 2 N–H and O–H groups in total. The van der Waals surface area contributed by atoms with Crippen molar-refractivity contribution in [3.8, 4) is 0 Å². The molecule has 3 nitrogen and oxygen atoms in total. The molecule has 1 heterocycles. The van der Waals surface area contributed by atoms with Crippen molar-refractivity contribution in [3.63, 3.8) is 0 Å². The largest absolute Gasteiger partial charge is 0.480 e. The van der Waals surface area contributed by atoms with Crippen molar-refractivity contribution >= 4 is 18.4 Å². The van der Waals surface area contributed by atoms with Crippen molar-refractivity contribution in [1.82, 2.24) is 5.32 Å². The molecule has 0 radical (unpaired) electrons. The monoisotopic (exact) mass is 227 g/mol. The van der Waals surface area contributed by atoms with Gasteiger partial charge in [0.15, 0.2) is 0 Å². The Kier molecular flexibility index (Phi) is 4.12. The standard InChI is InChI=1S/C11H13NO2.ClH/c13-11(14)10-9(6-7-12-10)8-4-2-1-3-5-8;/h1-5,9-10,12H,6-7H2,(H,13,14);1H/t9-,10-;/m0./s1. The van der Waals surface area contributed by atoms with E-state index in [9.17, 15) is 4.79 Å². The summed E-state index contributed by atoms with van der Waals surface area (Å²) in [5.41, 5.74) is 1.12. The zero-order chi connectivity index (χ0) is 9.97. The van der Waals surface area contributed by atoms with E-state index < -0.39 is 12.0 Å². The number of carboxylic acid groups (broad SMARTS) is 1. The van der Waals surface area contributed by atoms with Gasteiger partial charge in [0, 0.05) is 5.92 Å². The second kappa shape index (κ2) is 5.14. The van der Waals surface area contributed by atoms with E-state index in [4.69, 9.17) is 5.11 Å².